The lowest BCUT2D eigenvalue weighted by Gasteiger charge is -1.98. The molecule has 1 saturated carbocycles. The Balaban J connectivity index is -0.000000313. The first-order chi connectivity index (χ1) is 13.2. The van der Waals surface area contributed by atoms with Crippen molar-refractivity contribution in [2.24, 2.45) is 29.6 Å². The van der Waals surface area contributed by atoms with Gasteiger partial charge in [-0.1, -0.05) is 69.2 Å². The van der Waals surface area contributed by atoms with E-state index < -0.39 is 0 Å². The van der Waals surface area contributed by atoms with E-state index in [4.69, 9.17) is 0 Å². The van der Waals surface area contributed by atoms with Gasteiger partial charge < -0.3 is 0 Å². The third-order valence-corrected chi connectivity index (χ3v) is 4.49. The summed E-state index contributed by atoms with van der Waals surface area (Å²) in [6.45, 7) is 21.0. The van der Waals surface area contributed by atoms with Crippen LogP contribution in [0.15, 0.2) is 0 Å². The van der Waals surface area contributed by atoms with Gasteiger partial charge in [-0.15, -0.1) is 0 Å². The minimum Gasteiger partial charge on any atom is -0.300 e. The van der Waals surface area contributed by atoms with Gasteiger partial charge in [0.05, 0.1) is 0 Å². The molecule has 0 saturated heterocycles. The molecule has 0 aliphatic heterocycles. The average molecular weight is 413 g/mol. The van der Waals surface area contributed by atoms with Crippen molar-refractivity contribution in [1.82, 2.24) is 0 Å². The van der Waals surface area contributed by atoms with Crippen LogP contribution in [-0.2, 0) is 19.2 Å². The highest BCUT2D eigenvalue weighted by Gasteiger charge is 2.30. The van der Waals surface area contributed by atoms with Crippen molar-refractivity contribution in [3.05, 3.63) is 0 Å². The van der Waals surface area contributed by atoms with E-state index in [2.05, 4.69) is 0 Å². The second-order valence-corrected chi connectivity index (χ2v) is 8.94. The molecule has 1 aliphatic carbocycles. The molecule has 4 nitrogen and oxygen atoms in total. The number of carbonyl (C=O) groups is 4. The first-order valence-corrected chi connectivity index (χ1v) is 11.3. The van der Waals surface area contributed by atoms with Gasteiger partial charge in [0.15, 0.2) is 0 Å². The van der Waals surface area contributed by atoms with Crippen LogP contribution in [0.4, 0.5) is 0 Å². The number of hydrogen-bond acceptors (Lipinski definition) is 4. The molecule has 0 heterocycles. The Morgan fingerprint density at radius 3 is 1.14 bits per heavy atom. The normalized spacial score (nSPS) is 12.4. The van der Waals surface area contributed by atoms with E-state index in [-0.39, 0.29) is 29.5 Å². The first-order valence-electron chi connectivity index (χ1n) is 11.3. The van der Waals surface area contributed by atoms with Crippen LogP contribution in [0.2, 0.25) is 0 Å². The molecule has 0 aromatic carbocycles. The minimum absolute atomic E-state index is 0.213. The summed E-state index contributed by atoms with van der Waals surface area (Å²) < 4.78 is 0. The standard InChI is InChI=1S/C7H12O.C7H14O.C6H12O.C5H10O/c1-5(2)7(8)6-3-4-6;1-4-5-7(8)6(2)3;1-4-6(7)5(2)3;1-4(2)5(3)6/h5-6H,3-4H2,1-2H3;6H,4-5H2,1-3H3;5H,4H2,1-3H3;4H,1-3H3. The second kappa shape index (κ2) is 18.7. The molecule has 0 unspecified atom stereocenters. The lowest BCUT2D eigenvalue weighted by atomic mass is 10.1. The fourth-order valence-electron chi connectivity index (χ4n) is 1.78. The Labute approximate surface area is 180 Å². The van der Waals surface area contributed by atoms with Gasteiger partial charge in [-0.25, -0.2) is 0 Å². The topological polar surface area (TPSA) is 68.3 Å². The summed E-state index contributed by atoms with van der Waals surface area (Å²) >= 11 is 0. The van der Waals surface area contributed by atoms with Crippen LogP contribution in [0.3, 0.4) is 0 Å². The van der Waals surface area contributed by atoms with Gasteiger partial charge in [0.2, 0.25) is 0 Å². The molecular formula is C25H48O4. The van der Waals surface area contributed by atoms with Crippen molar-refractivity contribution >= 4 is 23.1 Å². The van der Waals surface area contributed by atoms with Crippen molar-refractivity contribution in [2.75, 3.05) is 0 Å². The van der Waals surface area contributed by atoms with Crippen molar-refractivity contribution in [2.45, 2.75) is 108 Å². The maximum absolute atomic E-state index is 10.9. The van der Waals surface area contributed by atoms with Crippen LogP contribution in [-0.4, -0.2) is 23.1 Å². The minimum atomic E-state index is 0.213. The van der Waals surface area contributed by atoms with Gasteiger partial charge in [-0.2, -0.15) is 0 Å². The van der Waals surface area contributed by atoms with Crippen molar-refractivity contribution in [1.29, 1.82) is 0 Å². The zero-order valence-corrected chi connectivity index (χ0v) is 21.1. The average Bonchev–Trinajstić information content (AvgIpc) is 3.46. The molecule has 0 aromatic rings. The summed E-state index contributed by atoms with van der Waals surface area (Å²) in [6.07, 6.45) is 4.71. The van der Waals surface area contributed by atoms with Crippen molar-refractivity contribution in [3.8, 4) is 0 Å². The van der Waals surface area contributed by atoms with E-state index in [0.717, 1.165) is 25.7 Å². The first kappa shape index (κ1) is 32.3. The monoisotopic (exact) mass is 412 g/mol. The SMILES string of the molecule is CC(=O)C(C)C.CC(C)C(=O)C1CC1.CCC(=O)C(C)C.CCCC(=O)C(C)C. The lowest BCUT2D eigenvalue weighted by molar-refractivity contribution is -0.123. The fourth-order valence-corrected chi connectivity index (χ4v) is 1.78. The largest absolute Gasteiger partial charge is 0.300 e. The van der Waals surface area contributed by atoms with E-state index in [0.29, 0.717) is 29.7 Å². The van der Waals surface area contributed by atoms with Crippen LogP contribution in [0.5, 0.6) is 0 Å². The molecule has 0 radical (unpaired) electrons. The Hall–Kier alpha value is -1.32. The molecule has 29 heavy (non-hydrogen) atoms. The van der Waals surface area contributed by atoms with Crippen LogP contribution in [0.1, 0.15) is 108 Å². The molecule has 0 amide bonds. The smallest absolute Gasteiger partial charge is 0.138 e. The zero-order chi connectivity index (χ0) is 23.7. The second-order valence-electron chi connectivity index (χ2n) is 8.94. The number of carbonyl (C=O) groups excluding carboxylic acids is 4. The van der Waals surface area contributed by atoms with Crippen LogP contribution < -0.4 is 0 Å². The quantitative estimate of drug-likeness (QED) is 0.457. The van der Waals surface area contributed by atoms with E-state index >= 15 is 0 Å². The fraction of sp³-hybridized carbons (Fsp3) is 0.840. The number of Topliss-reactive ketones (excluding diaryl/α,β-unsaturated/α-hetero) is 4. The predicted octanol–water partition coefficient (Wildman–Crippen LogP) is 6.49. The lowest BCUT2D eigenvalue weighted by Crippen LogP contribution is -2.08. The number of rotatable bonds is 8. The number of ketones is 4. The predicted molar refractivity (Wildman–Crippen MR) is 123 cm³/mol. The highest BCUT2D eigenvalue weighted by molar-refractivity contribution is 5.84. The van der Waals surface area contributed by atoms with Gasteiger partial charge in [0.25, 0.3) is 0 Å². The highest BCUT2D eigenvalue weighted by Crippen LogP contribution is 2.32. The third kappa shape index (κ3) is 22.8. The maximum atomic E-state index is 10.9. The summed E-state index contributed by atoms with van der Waals surface area (Å²) in [5.41, 5.74) is 0. The Kier molecular flexibility index (Phi) is 20.9. The Bertz CT molecular complexity index is 465. The molecule has 0 N–H and O–H groups in total. The molecule has 0 atom stereocenters. The van der Waals surface area contributed by atoms with Gasteiger partial charge in [-0.3, -0.25) is 19.2 Å². The molecule has 172 valence electrons. The van der Waals surface area contributed by atoms with Gasteiger partial charge >= 0.3 is 0 Å². The molecule has 0 spiro atoms. The van der Waals surface area contributed by atoms with Crippen LogP contribution in [0, 0.1) is 29.6 Å². The highest BCUT2D eigenvalue weighted by atomic mass is 16.1. The van der Waals surface area contributed by atoms with Crippen molar-refractivity contribution in [3.63, 3.8) is 0 Å². The summed E-state index contributed by atoms with van der Waals surface area (Å²) in [6, 6.07) is 0. The molecule has 0 aromatic heterocycles. The summed E-state index contributed by atoms with van der Waals surface area (Å²) in [4.78, 5) is 42.3. The maximum Gasteiger partial charge on any atom is 0.138 e. The van der Waals surface area contributed by atoms with Gasteiger partial charge in [0.1, 0.15) is 23.1 Å². The molecule has 1 rings (SSSR count). The van der Waals surface area contributed by atoms with Crippen LogP contribution in [0.25, 0.3) is 0 Å². The van der Waals surface area contributed by atoms with Crippen LogP contribution >= 0.6 is 0 Å². The van der Waals surface area contributed by atoms with Gasteiger partial charge in [-0.05, 0) is 26.2 Å². The van der Waals surface area contributed by atoms with E-state index in [1.165, 1.54) is 0 Å². The zero-order valence-electron chi connectivity index (χ0n) is 21.1. The molecule has 1 fully saturated rings. The summed E-state index contributed by atoms with van der Waals surface area (Å²) in [5, 5.41) is 0. The molecule has 0 bridgehead atoms. The summed E-state index contributed by atoms with van der Waals surface area (Å²) in [7, 11) is 0. The summed E-state index contributed by atoms with van der Waals surface area (Å²) in [5.74, 6) is 2.84. The van der Waals surface area contributed by atoms with Gasteiger partial charge in [0, 0.05) is 42.4 Å². The van der Waals surface area contributed by atoms with E-state index in [9.17, 15) is 19.2 Å². The Morgan fingerprint density at radius 1 is 0.690 bits per heavy atom. The number of hydrogen-bond donors (Lipinski definition) is 0. The van der Waals surface area contributed by atoms with E-state index in [1.54, 1.807) is 6.92 Å². The van der Waals surface area contributed by atoms with E-state index in [1.807, 2.05) is 69.2 Å². The Morgan fingerprint density at radius 2 is 1.07 bits per heavy atom. The van der Waals surface area contributed by atoms with Crippen molar-refractivity contribution < 1.29 is 19.2 Å². The molecule has 4 heteroatoms. The molecular weight excluding hydrogens is 364 g/mol. The molecule has 1 aliphatic rings. The third-order valence-electron chi connectivity index (χ3n) is 4.49.